The molecule has 1 saturated heterocycles. The van der Waals surface area contributed by atoms with Gasteiger partial charge in [-0.2, -0.15) is 0 Å². The van der Waals surface area contributed by atoms with Crippen molar-refractivity contribution in [2.75, 3.05) is 13.1 Å². The summed E-state index contributed by atoms with van der Waals surface area (Å²) in [4.78, 5) is 22.8. The molecule has 0 saturated carbocycles. The van der Waals surface area contributed by atoms with E-state index < -0.39 is 0 Å². The molecule has 1 aliphatic rings. The Bertz CT molecular complexity index is 1120. The van der Waals surface area contributed by atoms with Crippen molar-refractivity contribution in [1.29, 1.82) is 0 Å². The molecule has 0 atom stereocenters. The molecule has 5 rings (SSSR count). The molecule has 1 fully saturated rings. The first kappa shape index (κ1) is 15.5. The molecule has 2 aromatic carbocycles. The maximum Gasteiger partial charge on any atom is 0.270 e. The minimum absolute atomic E-state index is 0.0344. The van der Waals surface area contributed by atoms with Gasteiger partial charge < -0.3 is 14.5 Å². The second-order valence-corrected chi connectivity index (χ2v) is 7.21. The number of halogens is 1. The van der Waals surface area contributed by atoms with Crippen LogP contribution in [0.15, 0.2) is 48.5 Å². The van der Waals surface area contributed by atoms with Crippen molar-refractivity contribution in [1.82, 2.24) is 19.4 Å². The molecule has 1 N–H and O–H groups in total. The van der Waals surface area contributed by atoms with E-state index in [-0.39, 0.29) is 11.8 Å². The summed E-state index contributed by atoms with van der Waals surface area (Å²) in [6, 6.07) is 15.6. The van der Waals surface area contributed by atoms with Gasteiger partial charge in [0, 0.05) is 36.1 Å². The Morgan fingerprint density at radius 2 is 2.00 bits per heavy atom. The van der Waals surface area contributed by atoms with Gasteiger partial charge in [0.1, 0.15) is 11.5 Å². The van der Waals surface area contributed by atoms with Gasteiger partial charge in [-0.3, -0.25) is 4.79 Å². The lowest BCUT2D eigenvalue weighted by atomic mass is 9.99. The van der Waals surface area contributed by atoms with E-state index in [2.05, 4.69) is 9.97 Å². The third-order valence-electron chi connectivity index (χ3n) is 5.22. The van der Waals surface area contributed by atoms with Crippen LogP contribution < -0.4 is 0 Å². The van der Waals surface area contributed by atoms with Crippen LogP contribution in [0.25, 0.3) is 21.9 Å². The van der Waals surface area contributed by atoms with Gasteiger partial charge in [-0.25, -0.2) is 4.98 Å². The van der Waals surface area contributed by atoms with Gasteiger partial charge in [0.25, 0.3) is 5.91 Å². The lowest BCUT2D eigenvalue weighted by Crippen LogP contribution is -2.49. The minimum Gasteiger partial charge on any atom is -0.342 e. The van der Waals surface area contributed by atoms with Crippen LogP contribution in [0.5, 0.6) is 0 Å². The van der Waals surface area contributed by atoms with E-state index >= 15 is 0 Å². The number of benzene rings is 2. The number of carbonyl (C=O) groups is 1. The summed E-state index contributed by atoms with van der Waals surface area (Å²) in [5.74, 6) is 1.24. The highest BCUT2D eigenvalue weighted by molar-refractivity contribution is 6.35. The fourth-order valence-corrected chi connectivity index (χ4v) is 3.90. The largest absolute Gasteiger partial charge is 0.342 e. The second kappa shape index (κ2) is 5.61. The summed E-state index contributed by atoms with van der Waals surface area (Å²) in [5.41, 5.74) is 3.64. The molecule has 5 nitrogen and oxygen atoms in total. The summed E-state index contributed by atoms with van der Waals surface area (Å²) < 4.78 is 1.91. The predicted octanol–water partition coefficient (Wildman–Crippen LogP) is 3.95. The monoisotopic (exact) mass is 364 g/mol. The van der Waals surface area contributed by atoms with Crippen LogP contribution in [-0.2, 0) is 7.05 Å². The van der Waals surface area contributed by atoms with E-state index in [1.807, 2.05) is 65.0 Å². The summed E-state index contributed by atoms with van der Waals surface area (Å²) in [5, 5.41) is 1.58. The predicted molar refractivity (Wildman–Crippen MR) is 103 cm³/mol. The number of likely N-dealkylation sites (tertiary alicyclic amines) is 1. The molecule has 3 heterocycles. The number of aromatic nitrogens is 3. The van der Waals surface area contributed by atoms with Crippen LogP contribution in [0.3, 0.4) is 0 Å². The van der Waals surface area contributed by atoms with Gasteiger partial charge in [-0.15, -0.1) is 0 Å². The molecular formula is C20H17ClN4O. The van der Waals surface area contributed by atoms with E-state index in [4.69, 9.17) is 11.6 Å². The van der Waals surface area contributed by atoms with E-state index in [1.165, 1.54) is 0 Å². The number of imidazole rings is 1. The van der Waals surface area contributed by atoms with Crippen molar-refractivity contribution >= 4 is 39.4 Å². The Morgan fingerprint density at radius 3 is 2.77 bits per heavy atom. The van der Waals surface area contributed by atoms with Crippen LogP contribution in [0.1, 0.15) is 22.2 Å². The highest BCUT2D eigenvalue weighted by Crippen LogP contribution is 2.31. The van der Waals surface area contributed by atoms with Gasteiger partial charge in [-0.1, -0.05) is 29.8 Å². The molecule has 0 unspecified atom stereocenters. The molecule has 6 heteroatoms. The van der Waals surface area contributed by atoms with Crippen LogP contribution in [-0.4, -0.2) is 38.4 Å². The quantitative estimate of drug-likeness (QED) is 0.585. The summed E-state index contributed by atoms with van der Waals surface area (Å²) >= 11 is 6.27. The Kier molecular flexibility index (Phi) is 3.34. The minimum atomic E-state index is 0.0344. The van der Waals surface area contributed by atoms with E-state index in [9.17, 15) is 4.79 Å². The number of para-hydroxylation sites is 2. The fourth-order valence-electron chi connectivity index (χ4n) is 3.67. The molecule has 1 amide bonds. The molecule has 0 aliphatic carbocycles. The van der Waals surface area contributed by atoms with Crippen molar-refractivity contribution in [2.24, 2.45) is 7.05 Å². The van der Waals surface area contributed by atoms with Gasteiger partial charge >= 0.3 is 0 Å². The average molecular weight is 365 g/mol. The zero-order valence-electron chi connectivity index (χ0n) is 14.2. The molecule has 4 aromatic rings. The van der Waals surface area contributed by atoms with E-state index in [1.54, 1.807) is 0 Å². The number of H-pyrrole nitrogens is 1. The number of aryl methyl sites for hydroxylation is 1. The van der Waals surface area contributed by atoms with Crippen molar-refractivity contribution in [3.63, 3.8) is 0 Å². The lowest BCUT2D eigenvalue weighted by Gasteiger charge is -2.38. The highest BCUT2D eigenvalue weighted by atomic mass is 35.5. The topological polar surface area (TPSA) is 53.9 Å². The van der Waals surface area contributed by atoms with Crippen molar-refractivity contribution in [2.45, 2.75) is 5.92 Å². The number of fused-ring (bicyclic) bond motifs is 2. The van der Waals surface area contributed by atoms with E-state index in [0.717, 1.165) is 27.8 Å². The van der Waals surface area contributed by atoms with Gasteiger partial charge in [0.15, 0.2) is 0 Å². The Morgan fingerprint density at radius 1 is 1.19 bits per heavy atom. The molecule has 2 aromatic heterocycles. The average Bonchev–Trinajstić information content (AvgIpc) is 3.16. The van der Waals surface area contributed by atoms with Gasteiger partial charge in [0.2, 0.25) is 0 Å². The molecule has 26 heavy (non-hydrogen) atoms. The molecule has 1 aliphatic heterocycles. The number of nitrogens with zero attached hydrogens (tertiary/aromatic N) is 3. The molecule has 130 valence electrons. The van der Waals surface area contributed by atoms with E-state index in [0.29, 0.717) is 23.8 Å². The van der Waals surface area contributed by atoms with Gasteiger partial charge in [0.05, 0.1) is 17.0 Å². The van der Waals surface area contributed by atoms with Gasteiger partial charge in [-0.05, 0) is 30.3 Å². The summed E-state index contributed by atoms with van der Waals surface area (Å²) in [6.07, 6.45) is 0. The lowest BCUT2D eigenvalue weighted by molar-refractivity contribution is 0.0586. The Balaban J connectivity index is 1.38. The molecular weight excluding hydrogens is 348 g/mol. The zero-order chi connectivity index (χ0) is 17.8. The van der Waals surface area contributed by atoms with Crippen molar-refractivity contribution in [3.05, 3.63) is 65.1 Å². The SMILES string of the molecule is Cn1c(C(=O)N2CC(c3nc4ccccc4[nH]3)C2)cc2c(Cl)cccc21. The van der Waals surface area contributed by atoms with Crippen LogP contribution in [0.2, 0.25) is 5.02 Å². The van der Waals surface area contributed by atoms with Crippen LogP contribution >= 0.6 is 11.6 Å². The number of carbonyl (C=O) groups excluding carboxylic acids is 1. The first-order valence-electron chi connectivity index (χ1n) is 8.59. The van der Waals surface area contributed by atoms with Crippen LogP contribution in [0.4, 0.5) is 0 Å². The maximum atomic E-state index is 12.9. The first-order valence-corrected chi connectivity index (χ1v) is 8.97. The number of aromatic amines is 1. The summed E-state index contributed by atoms with van der Waals surface area (Å²) in [7, 11) is 1.91. The standard InChI is InChI=1S/C20H17ClN4O/c1-24-17-8-4-5-14(21)13(17)9-18(24)20(26)25-10-12(11-25)19-22-15-6-2-3-7-16(15)23-19/h2-9,12H,10-11H2,1H3,(H,22,23). The van der Waals surface area contributed by atoms with Crippen LogP contribution in [0, 0.1) is 0 Å². The van der Waals surface area contributed by atoms with Crippen molar-refractivity contribution in [3.8, 4) is 0 Å². The third-order valence-corrected chi connectivity index (χ3v) is 5.55. The second-order valence-electron chi connectivity index (χ2n) is 6.81. The number of amides is 1. The smallest absolute Gasteiger partial charge is 0.270 e. The maximum absolute atomic E-state index is 12.9. The molecule has 0 bridgehead atoms. The Hall–Kier alpha value is -2.79. The normalized spacial score (nSPS) is 14.9. The fraction of sp³-hybridized carbons (Fsp3) is 0.200. The number of hydrogen-bond donors (Lipinski definition) is 1. The number of nitrogens with one attached hydrogen (secondary N) is 1. The molecule has 0 spiro atoms. The van der Waals surface area contributed by atoms with Crippen molar-refractivity contribution < 1.29 is 4.79 Å². The highest BCUT2D eigenvalue weighted by Gasteiger charge is 2.35. The number of hydrogen-bond acceptors (Lipinski definition) is 2. The zero-order valence-corrected chi connectivity index (χ0v) is 15.0. The first-order chi connectivity index (χ1) is 12.6. The number of rotatable bonds is 2. The molecule has 0 radical (unpaired) electrons. The summed E-state index contributed by atoms with van der Waals surface area (Å²) in [6.45, 7) is 1.35. The Labute approximate surface area is 155 Å². The third kappa shape index (κ3) is 2.24.